The Morgan fingerprint density at radius 1 is 1.19 bits per heavy atom. The summed E-state index contributed by atoms with van der Waals surface area (Å²) in [6.45, 7) is 4.70. The van der Waals surface area contributed by atoms with Gasteiger partial charge in [0.1, 0.15) is 0 Å². The Kier molecular flexibility index (Phi) is 4.28. The zero-order valence-electron chi connectivity index (χ0n) is 13.0. The Bertz CT molecular complexity index is 560. The molecule has 0 amide bonds. The quantitative estimate of drug-likeness (QED) is 0.895. The van der Waals surface area contributed by atoms with Crippen molar-refractivity contribution in [2.24, 2.45) is 11.8 Å². The number of rotatable bonds is 4. The molecule has 112 valence electrons. The maximum absolute atomic E-state index is 4.31. The first-order valence-corrected chi connectivity index (χ1v) is 8.10. The molecular weight excluding hydrogens is 258 g/mol. The van der Waals surface area contributed by atoms with Gasteiger partial charge in [-0.25, -0.2) is 4.68 Å². The molecule has 1 aliphatic carbocycles. The standard InChI is InChI=1S/C18H25N3/c1-14(2)17-9-3-4-10-18(17)20-15-7-5-8-16(13-15)21-12-6-11-19-21/h5-8,11-14,17-18,20H,3-4,9-10H2,1-2H3. The molecule has 0 saturated heterocycles. The van der Waals surface area contributed by atoms with Crippen LogP contribution >= 0.6 is 0 Å². The molecule has 1 fully saturated rings. The summed E-state index contributed by atoms with van der Waals surface area (Å²) in [6, 6.07) is 11.1. The van der Waals surface area contributed by atoms with E-state index in [1.165, 1.54) is 31.4 Å². The zero-order valence-corrected chi connectivity index (χ0v) is 13.0. The first-order valence-electron chi connectivity index (χ1n) is 8.10. The number of nitrogens with zero attached hydrogens (tertiary/aromatic N) is 2. The second-order valence-electron chi connectivity index (χ2n) is 6.44. The van der Waals surface area contributed by atoms with E-state index in [1.807, 2.05) is 23.1 Å². The van der Waals surface area contributed by atoms with Gasteiger partial charge in [0.05, 0.1) is 5.69 Å². The topological polar surface area (TPSA) is 29.9 Å². The molecule has 2 atom stereocenters. The van der Waals surface area contributed by atoms with Gasteiger partial charge < -0.3 is 5.32 Å². The SMILES string of the molecule is CC(C)C1CCCCC1Nc1cccc(-n2cccn2)c1. The normalized spacial score (nSPS) is 22.4. The number of anilines is 1. The Labute approximate surface area is 127 Å². The molecule has 1 saturated carbocycles. The van der Waals surface area contributed by atoms with Gasteiger partial charge in [0.2, 0.25) is 0 Å². The molecule has 2 unspecified atom stereocenters. The fourth-order valence-electron chi connectivity index (χ4n) is 3.51. The van der Waals surface area contributed by atoms with Crippen molar-refractivity contribution >= 4 is 5.69 Å². The Morgan fingerprint density at radius 2 is 2.05 bits per heavy atom. The van der Waals surface area contributed by atoms with E-state index in [9.17, 15) is 0 Å². The molecular formula is C18H25N3. The fourth-order valence-corrected chi connectivity index (χ4v) is 3.51. The van der Waals surface area contributed by atoms with Crippen molar-refractivity contribution in [3.05, 3.63) is 42.7 Å². The van der Waals surface area contributed by atoms with Crippen molar-refractivity contribution in [2.75, 3.05) is 5.32 Å². The minimum atomic E-state index is 0.603. The monoisotopic (exact) mass is 283 g/mol. The van der Waals surface area contributed by atoms with Crippen LogP contribution in [0.1, 0.15) is 39.5 Å². The lowest BCUT2D eigenvalue weighted by molar-refractivity contribution is 0.254. The molecule has 3 rings (SSSR count). The summed E-state index contributed by atoms with van der Waals surface area (Å²) in [5, 5.41) is 8.08. The number of hydrogen-bond donors (Lipinski definition) is 1. The second kappa shape index (κ2) is 6.33. The van der Waals surface area contributed by atoms with Crippen LogP contribution in [-0.2, 0) is 0 Å². The van der Waals surface area contributed by atoms with Crippen LogP contribution in [-0.4, -0.2) is 15.8 Å². The van der Waals surface area contributed by atoms with E-state index in [0.717, 1.165) is 17.5 Å². The molecule has 0 radical (unpaired) electrons. The highest BCUT2D eigenvalue weighted by molar-refractivity contribution is 5.51. The van der Waals surface area contributed by atoms with Crippen LogP contribution in [0.25, 0.3) is 5.69 Å². The van der Waals surface area contributed by atoms with Gasteiger partial charge in [-0.05, 0) is 48.9 Å². The van der Waals surface area contributed by atoms with Gasteiger partial charge in [-0.3, -0.25) is 0 Å². The van der Waals surface area contributed by atoms with Crippen LogP contribution in [0.3, 0.4) is 0 Å². The molecule has 21 heavy (non-hydrogen) atoms. The molecule has 1 aromatic carbocycles. The smallest absolute Gasteiger partial charge is 0.0666 e. The van der Waals surface area contributed by atoms with E-state index < -0.39 is 0 Å². The molecule has 1 aliphatic rings. The number of nitrogens with one attached hydrogen (secondary N) is 1. The minimum Gasteiger partial charge on any atom is -0.382 e. The summed E-state index contributed by atoms with van der Waals surface area (Å²) < 4.78 is 1.91. The summed E-state index contributed by atoms with van der Waals surface area (Å²) >= 11 is 0. The summed E-state index contributed by atoms with van der Waals surface area (Å²) in [7, 11) is 0. The third-order valence-corrected chi connectivity index (χ3v) is 4.64. The molecule has 1 N–H and O–H groups in total. The predicted molar refractivity (Wildman–Crippen MR) is 87.8 cm³/mol. The Balaban J connectivity index is 1.76. The van der Waals surface area contributed by atoms with Crippen LogP contribution in [0.2, 0.25) is 0 Å². The molecule has 1 aromatic heterocycles. The first-order chi connectivity index (χ1) is 10.2. The average molecular weight is 283 g/mol. The third kappa shape index (κ3) is 3.29. The van der Waals surface area contributed by atoms with E-state index in [0.29, 0.717) is 6.04 Å². The first kappa shape index (κ1) is 14.2. The Morgan fingerprint density at radius 3 is 2.81 bits per heavy atom. The van der Waals surface area contributed by atoms with Gasteiger partial charge in [-0.2, -0.15) is 5.10 Å². The fraction of sp³-hybridized carbons (Fsp3) is 0.500. The molecule has 2 aromatic rings. The van der Waals surface area contributed by atoms with Crippen molar-refractivity contribution in [1.29, 1.82) is 0 Å². The summed E-state index contributed by atoms with van der Waals surface area (Å²) in [5.41, 5.74) is 2.32. The van der Waals surface area contributed by atoms with Crippen LogP contribution in [0.5, 0.6) is 0 Å². The van der Waals surface area contributed by atoms with E-state index in [2.05, 4.69) is 48.5 Å². The van der Waals surface area contributed by atoms with Gasteiger partial charge in [-0.1, -0.05) is 32.8 Å². The van der Waals surface area contributed by atoms with Crippen LogP contribution in [0.15, 0.2) is 42.7 Å². The van der Waals surface area contributed by atoms with E-state index in [-0.39, 0.29) is 0 Å². The number of aromatic nitrogens is 2. The van der Waals surface area contributed by atoms with Crippen molar-refractivity contribution < 1.29 is 0 Å². The van der Waals surface area contributed by atoms with Crippen molar-refractivity contribution in [1.82, 2.24) is 9.78 Å². The molecule has 3 nitrogen and oxygen atoms in total. The summed E-state index contributed by atoms with van der Waals surface area (Å²) in [6.07, 6.45) is 9.17. The van der Waals surface area contributed by atoms with Gasteiger partial charge in [0.25, 0.3) is 0 Å². The van der Waals surface area contributed by atoms with Crippen molar-refractivity contribution in [3.8, 4) is 5.69 Å². The maximum Gasteiger partial charge on any atom is 0.0666 e. The number of hydrogen-bond acceptors (Lipinski definition) is 2. The van der Waals surface area contributed by atoms with E-state index in [1.54, 1.807) is 0 Å². The maximum atomic E-state index is 4.31. The van der Waals surface area contributed by atoms with Gasteiger partial charge in [-0.15, -0.1) is 0 Å². The Hall–Kier alpha value is -1.77. The lowest BCUT2D eigenvalue weighted by atomic mass is 9.78. The van der Waals surface area contributed by atoms with Gasteiger partial charge >= 0.3 is 0 Å². The molecule has 0 bridgehead atoms. The lowest BCUT2D eigenvalue weighted by Crippen LogP contribution is -2.35. The second-order valence-corrected chi connectivity index (χ2v) is 6.44. The summed E-state index contributed by atoms with van der Waals surface area (Å²) in [4.78, 5) is 0. The summed E-state index contributed by atoms with van der Waals surface area (Å²) in [5.74, 6) is 1.53. The molecule has 0 spiro atoms. The predicted octanol–water partition coefficient (Wildman–Crippen LogP) is 4.50. The molecule has 1 heterocycles. The average Bonchev–Trinajstić information content (AvgIpc) is 3.02. The zero-order chi connectivity index (χ0) is 14.7. The lowest BCUT2D eigenvalue weighted by Gasteiger charge is -2.35. The van der Waals surface area contributed by atoms with E-state index in [4.69, 9.17) is 0 Å². The van der Waals surface area contributed by atoms with Crippen LogP contribution < -0.4 is 5.32 Å². The third-order valence-electron chi connectivity index (χ3n) is 4.64. The highest BCUT2D eigenvalue weighted by atomic mass is 15.3. The highest BCUT2D eigenvalue weighted by Gasteiger charge is 2.27. The van der Waals surface area contributed by atoms with Gasteiger partial charge in [0, 0.05) is 24.1 Å². The van der Waals surface area contributed by atoms with Crippen molar-refractivity contribution in [2.45, 2.75) is 45.6 Å². The van der Waals surface area contributed by atoms with E-state index >= 15 is 0 Å². The number of benzene rings is 1. The van der Waals surface area contributed by atoms with Gasteiger partial charge in [0.15, 0.2) is 0 Å². The largest absolute Gasteiger partial charge is 0.382 e. The van der Waals surface area contributed by atoms with Crippen LogP contribution in [0.4, 0.5) is 5.69 Å². The van der Waals surface area contributed by atoms with Crippen molar-refractivity contribution in [3.63, 3.8) is 0 Å². The highest BCUT2D eigenvalue weighted by Crippen LogP contribution is 2.32. The molecule has 0 aliphatic heterocycles. The molecule has 3 heteroatoms. The van der Waals surface area contributed by atoms with Crippen LogP contribution in [0, 0.1) is 11.8 Å². The minimum absolute atomic E-state index is 0.603.